The van der Waals surface area contributed by atoms with Crippen LogP contribution >= 0.6 is 0 Å². The molecule has 0 saturated carbocycles. The molecule has 6 nitrogen and oxygen atoms in total. The van der Waals surface area contributed by atoms with Crippen LogP contribution in [0, 0.1) is 0 Å². The zero-order valence-electron chi connectivity index (χ0n) is 3.55. The first kappa shape index (κ1) is 18.3. The monoisotopic (exact) mass is 206 g/mol. The van der Waals surface area contributed by atoms with Crippen molar-refractivity contribution in [2.24, 2.45) is 0 Å². The van der Waals surface area contributed by atoms with E-state index in [-0.39, 0.29) is 80.9 Å². The van der Waals surface area contributed by atoms with Gasteiger partial charge in [-0.05, 0) is 0 Å². The van der Waals surface area contributed by atoms with Crippen molar-refractivity contribution in [3.8, 4) is 0 Å². The Labute approximate surface area is 123 Å². The molecule has 0 aliphatic rings. The van der Waals surface area contributed by atoms with Crippen LogP contribution in [0.2, 0.25) is 0 Å². The molecule has 0 aromatic rings. The molecule has 0 bridgehead atoms. The van der Waals surface area contributed by atoms with E-state index in [1.54, 1.807) is 0 Å². The van der Waals surface area contributed by atoms with E-state index in [0.717, 1.165) is 0 Å². The second-order valence-electron chi connectivity index (χ2n) is 0.850. The maximum atomic E-state index is 9.46. The summed E-state index contributed by atoms with van der Waals surface area (Å²) in [5, 5.41) is 15.4. The Morgan fingerprint density at radius 1 is 1.30 bits per heavy atom. The first-order valence-corrected chi connectivity index (χ1v) is 2.80. The van der Waals surface area contributed by atoms with Gasteiger partial charge in [-0.25, -0.2) is 4.10 Å². The van der Waals surface area contributed by atoms with Crippen molar-refractivity contribution in [3.05, 3.63) is 0 Å². The van der Waals surface area contributed by atoms with E-state index in [0.29, 0.717) is 0 Å². The van der Waals surface area contributed by atoms with E-state index >= 15 is 0 Å². The molecule has 0 aromatic carbocycles. The van der Waals surface area contributed by atoms with Crippen molar-refractivity contribution >= 4 is 98.7 Å². The van der Waals surface area contributed by atoms with Crippen molar-refractivity contribution in [1.82, 2.24) is 0 Å². The van der Waals surface area contributed by atoms with Crippen LogP contribution in [-0.2, 0) is 14.5 Å². The summed E-state index contributed by atoms with van der Waals surface area (Å²) in [5.74, 6) is 0. The third-order valence-corrected chi connectivity index (χ3v) is 0.623. The summed E-state index contributed by atoms with van der Waals surface area (Å²) in [6, 6.07) is 0. The van der Waals surface area contributed by atoms with E-state index in [1.807, 2.05) is 0 Å². The van der Waals surface area contributed by atoms with Crippen LogP contribution in [0.1, 0.15) is 0 Å². The molecular weight excluding hydrogens is 201 g/mol. The Bertz CT molecular complexity index is 151. The van der Waals surface area contributed by atoms with E-state index < -0.39 is 17.7 Å². The number of rotatable bonds is 2. The summed E-state index contributed by atoms with van der Waals surface area (Å²) in [5.41, 5.74) is 0. The van der Waals surface area contributed by atoms with Crippen LogP contribution in [0.25, 0.3) is 0 Å². The van der Waals surface area contributed by atoms with Gasteiger partial charge in [0.05, 0.1) is 0 Å². The van der Waals surface area contributed by atoms with Gasteiger partial charge in [0.15, 0.2) is 0 Å². The van der Waals surface area contributed by atoms with E-state index in [4.69, 9.17) is 14.6 Å². The van der Waals surface area contributed by atoms with Crippen molar-refractivity contribution in [1.29, 1.82) is 0 Å². The summed E-state index contributed by atoms with van der Waals surface area (Å²) in [6.45, 7) is 0. The minimum atomic E-state index is -4.72. The molecule has 0 aliphatic heterocycles. The summed E-state index contributed by atoms with van der Waals surface area (Å²) in [4.78, 5) is 0. The fourth-order valence-corrected chi connectivity index (χ4v) is 0.326. The van der Waals surface area contributed by atoms with Gasteiger partial charge in [-0.3, -0.25) is 4.55 Å². The van der Waals surface area contributed by atoms with Gasteiger partial charge in [0.1, 0.15) is 0 Å². The molecule has 0 spiro atoms. The molecule has 0 radical (unpaired) electrons. The first-order valence-electron chi connectivity index (χ1n) is 1.43. The predicted molar refractivity (Wildman–Crippen MR) is 37.1 cm³/mol. The fourth-order valence-electron chi connectivity index (χ4n) is 0.109. The Kier molecular flexibility index (Phi) is 14.8. The number of hydrogen-bond donors (Lipinski definition) is 3. The van der Waals surface area contributed by atoms with Gasteiger partial charge in [0.25, 0.3) is 0 Å². The molecule has 0 atom stereocenters. The van der Waals surface area contributed by atoms with Crippen LogP contribution < -0.4 is 0 Å². The fraction of sp³-hybridized carbons (Fsp3) is 0. The zero-order chi connectivity index (χ0) is 6.78. The average molecular weight is 206 g/mol. The first-order chi connectivity index (χ1) is 3.42. The van der Waals surface area contributed by atoms with Crippen molar-refractivity contribution in [2.45, 2.75) is 0 Å². The minimum absolute atomic E-state index is 0. The topological polar surface area (TPSA) is 104 Å². The molecule has 0 amide bonds. The zero-order valence-corrected chi connectivity index (χ0v) is 4.37. The Hall–Kier alpha value is 2.49. The number of hydrogen-bond acceptors (Lipinski definition) is 5. The second kappa shape index (κ2) is 8.11. The van der Waals surface area contributed by atoms with Crippen LogP contribution in [0.15, 0.2) is 0 Å². The van der Waals surface area contributed by atoms with Gasteiger partial charge in [0.2, 0.25) is 0 Å². The van der Waals surface area contributed by atoms with Crippen molar-refractivity contribution in [2.75, 3.05) is 0 Å². The molecule has 10 heavy (non-hydrogen) atoms. The molecule has 0 aliphatic carbocycles. The average Bonchev–Trinajstić information content (AvgIpc) is 1.21. The van der Waals surface area contributed by atoms with Crippen LogP contribution in [-0.4, -0.2) is 111 Å². The Morgan fingerprint density at radius 2 is 1.60 bits per heavy atom. The molecule has 0 unspecified atom stereocenters. The normalized spacial score (nSPS) is 9.10. The second-order valence-corrected chi connectivity index (χ2v) is 1.90. The van der Waals surface area contributed by atoms with Crippen molar-refractivity contribution in [3.63, 3.8) is 0 Å². The summed E-state index contributed by atoms with van der Waals surface area (Å²) in [6.07, 6.45) is 0. The molecule has 10 heteroatoms. The van der Waals surface area contributed by atoms with Gasteiger partial charge in [-0.1, -0.05) is 0 Å². The predicted octanol–water partition coefficient (Wildman–Crippen LogP) is -3.52. The molecule has 52 valence electrons. The molecule has 0 rings (SSSR count). The molecule has 0 fully saturated rings. The van der Waals surface area contributed by atoms with Crippen LogP contribution in [0.3, 0.4) is 0 Å². The summed E-state index contributed by atoms with van der Waals surface area (Å²) in [7, 11) is -7.22. The van der Waals surface area contributed by atoms with E-state index in [9.17, 15) is 8.42 Å². The Balaban J connectivity index is -0.000000245. The molecule has 0 aromatic heterocycles. The third kappa shape index (κ3) is 16.8. The summed E-state index contributed by atoms with van der Waals surface area (Å²) < 4.78 is 29.6. The molecule has 0 heterocycles. The quantitative estimate of drug-likeness (QED) is 0.319. The standard InChI is InChI=1S/BH3O6S.K.Na.2H/c2-1(3)7-8(4,5)6;;;;/h2-3H,(H,4,5,6);;;;. The molecule has 0 saturated heterocycles. The SMILES string of the molecule is O=S(=O)(O)OB(O)O.[KH].[NaH]. The van der Waals surface area contributed by atoms with Crippen molar-refractivity contribution < 1.29 is 27.1 Å². The van der Waals surface area contributed by atoms with Crippen LogP contribution in [0.5, 0.6) is 0 Å². The maximum absolute atomic E-state index is 9.46. The molecule has 3 N–H and O–H groups in total. The Morgan fingerprint density at radius 3 is 1.60 bits per heavy atom. The van der Waals surface area contributed by atoms with Gasteiger partial charge < -0.3 is 10.0 Å². The van der Waals surface area contributed by atoms with E-state index in [1.165, 1.54) is 0 Å². The van der Waals surface area contributed by atoms with Crippen LogP contribution in [0.4, 0.5) is 0 Å². The van der Waals surface area contributed by atoms with E-state index in [2.05, 4.69) is 4.10 Å². The van der Waals surface area contributed by atoms with Gasteiger partial charge in [0, 0.05) is 0 Å². The van der Waals surface area contributed by atoms with Gasteiger partial charge in [-0.2, -0.15) is 8.42 Å². The van der Waals surface area contributed by atoms with Gasteiger partial charge >= 0.3 is 98.7 Å². The summed E-state index contributed by atoms with van der Waals surface area (Å²) >= 11 is 0. The third-order valence-electron chi connectivity index (χ3n) is 0.208. The molecular formula is H5BKNaO6S. The van der Waals surface area contributed by atoms with Gasteiger partial charge in [-0.15, -0.1) is 0 Å².